The van der Waals surface area contributed by atoms with Crippen LogP contribution in [0.5, 0.6) is 0 Å². The van der Waals surface area contributed by atoms with Gasteiger partial charge in [0.15, 0.2) is 0 Å². The van der Waals surface area contributed by atoms with Gasteiger partial charge in [0.2, 0.25) is 11.9 Å². The number of carbonyl (C=O) groups excluding carboxylic acids is 1. The van der Waals surface area contributed by atoms with E-state index in [9.17, 15) is 9.59 Å². The summed E-state index contributed by atoms with van der Waals surface area (Å²) in [6.45, 7) is 10.0. The monoisotopic (exact) mass is 614 g/mol. The molecule has 0 saturated carbocycles. The molecule has 11 heteroatoms. The molecule has 10 nitrogen and oxygen atoms in total. The fraction of sp³-hybridized carbons (Fsp3) is 0.424. The number of amides is 1. The number of likely N-dealkylation sites (tertiary alicyclic amines) is 1. The quantitative estimate of drug-likeness (QED) is 0.315. The lowest BCUT2D eigenvalue weighted by Crippen LogP contribution is -2.43. The number of fused-ring (bicyclic) bond motifs is 1. The Morgan fingerprint density at radius 1 is 1.05 bits per heavy atom. The van der Waals surface area contributed by atoms with Crippen molar-refractivity contribution in [2.24, 2.45) is 0 Å². The molecule has 1 atom stereocenters. The number of aromatic nitrogens is 4. The molecule has 2 aliphatic rings. The largest absolute Gasteiger partial charge is 0.341 e. The predicted octanol–water partition coefficient (Wildman–Crippen LogP) is 4.88. The number of rotatable bonds is 7. The summed E-state index contributed by atoms with van der Waals surface area (Å²) < 4.78 is 1.76. The zero-order valence-electron chi connectivity index (χ0n) is 25.6. The number of halogens is 1. The number of nitrogens with one attached hydrogen (secondary N) is 1. The molecule has 0 radical (unpaired) electrons. The van der Waals surface area contributed by atoms with Gasteiger partial charge in [-0.15, -0.1) is 0 Å². The highest BCUT2D eigenvalue weighted by atomic mass is 35.5. The molecule has 1 amide bonds. The van der Waals surface area contributed by atoms with E-state index in [0.29, 0.717) is 53.1 Å². The third-order valence-corrected chi connectivity index (χ3v) is 9.16. The van der Waals surface area contributed by atoms with Crippen LogP contribution in [0.4, 0.5) is 11.8 Å². The maximum absolute atomic E-state index is 14.4. The molecule has 2 saturated heterocycles. The lowest BCUT2D eigenvalue weighted by atomic mass is 9.98. The molecule has 1 aromatic carbocycles. The van der Waals surface area contributed by atoms with Crippen LogP contribution in [0.15, 0.2) is 53.6 Å². The number of piperidine rings is 1. The Morgan fingerprint density at radius 3 is 2.57 bits per heavy atom. The van der Waals surface area contributed by atoms with Crippen molar-refractivity contribution in [1.29, 1.82) is 0 Å². The first-order valence-corrected chi connectivity index (χ1v) is 15.8. The second-order valence-corrected chi connectivity index (χ2v) is 12.2. The van der Waals surface area contributed by atoms with Crippen LogP contribution in [0, 0.1) is 6.92 Å². The number of nitrogens with zero attached hydrogens (tertiary/aromatic N) is 7. The molecule has 0 bridgehead atoms. The Labute approximate surface area is 262 Å². The third kappa shape index (κ3) is 6.20. The summed E-state index contributed by atoms with van der Waals surface area (Å²) in [5.74, 6) is 1.07. The number of hydrogen-bond acceptors (Lipinski definition) is 8. The van der Waals surface area contributed by atoms with Gasteiger partial charge < -0.3 is 15.1 Å². The van der Waals surface area contributed by atoms with Crippen molar-refractivity contribution >= 4 is 40.3 Å². The zero-order chi connectivity index (χ0) is 30.8. The Bertz CT molecular complexity index is 1720. The van der Waals surface area contributed by atoms with Gasteiger partial charge in [-0.1, -0.05) is 42.8 Å². The van der Waals surface area contributed by atoms with Gasteiger partial charge in [-0.3, -0.25) is 19.1 Å². The number of likely N-dealkylation sites (N-methyl/N-ethyl adjacent to an activating group) is 1. The summed E-state index contributed by atoms with van der Waals surface area (Å²) in [5, 5.41) is 4.51. The van der Waals surface area contributed by atoms with Gasteiger partial charge in [0.05, 0.1) is 11.6 Å². The van der Waals surface area contributed by atoms with E-state index in [4.69, 9.17) is 16.6 Å². The smallest absolute Gasteiger partial charge is 0.260 e. The third-order valence-electron chi connectivity index (χ3n) is 8.84. The van der Waals surface area contributed by atoms with Crippen LogP contribution in [0.2, 0.25) is 5.02 Å². The Hall–Kier alpha value is -3.86. The Kier molecular flexibility index (Phi) is 8.93. The molecule has 2 aliphatic heterocycles. The van der Waals surface area contributed by atoms with E-state index in [2.05, 4.69) is 38.2 Å². The van der Waals surface area contributed by atoms with E-state index < -0.39 is 0 Å². The summed E-state index contributed by atoms with van der Waals surface area (Å²) >= 11 is 6.61. The summed E-state index contributed by atoms with van der Waals surface area (Å²) in [6.07, 6.45) is 5.64. The fourth-order valence-corrected chi connectivity index (χ4v) is 6.53. The fourth-order valence-electron chi connectivity index (χ4n) is 6.30. The summed E-state index contributed by atoms with van der Waals surface area (Å²) in [6, 6.07) is 11.2. The number of carbonyl (C=O) groups is 1. The standard InChI is InChI=1S/C33H39ClN8O2/c1-4-29(43)41-13-7-8-24(21-41)42-31-26(22(2)30(32(42)44)25-9-5-6-10-27(25)34)19-36-33(38-31)37-28-12-11-23(18-35-28)20-40-16-14-39(3)15-17-40/h5-6,9-12,18-19,24H,4,7-8,13-17,20-21H2,1-3H3,(H,35,36,37,38)/t24-/m0/s1. The van der Waals surface area contributed by atoms with E-state index in [1.165, 1.54) is 0 Å². The van der Waals surface area contributed by atoms with Crippen LogP contribution in [-0.4, -0.2) is 86.4 Å². The van der Waals surface area contributed by atoms with E-state index in [-0.39, 0.29) is 17.5 Å². The average molecular weight is 615 g/mol. The van der Waals surface area contributed by atoms with E-state index >= 15 is 0 Å². The van der Waals surface area contributed by atoms with Gasteiger partial charge in [-0.05, 0) is 50.1 Å². The highest BCUT2D eigenvalue weighted by molar-refractivity contribution is 6.33. The topological polar surface area (TPSA) is 99.5 Å². The van der Waals surface area contributed by atoms with Gasteiger partial charge in [0, 0.05) is 80.6 Å². The van der Waals surface area contributed by atoms with E-state index in [1.54, 1.807) is 16.8 Å². The summed E-state index contributed by atoms with van der Waals surface area (Å²) in [5.41, 5.74) is 3.49. The van der Waals surface area contributed by atoms with E-state index in [1.807, 2.05) is 49.2 Å². The van der Waals surface area contributed by atoms with Crippen molar-refractivity contribution in [2.45, 2.75) is 45.7 Å². The molecule has 6 rings (SSSR count). The molecule has 1 N–H and O–H groups in total. The maximum atomic E-state index is 14.4. The van der Waals surface area contributed by atoms with Gasteiger partial charge in [-0.25, -0.2) is 9.97 Å². The van der Waals surface area contributed by atoms with Gasteiger partial charge in [-0.2, -0.15) is 4.98 Å². The molecule has 230 valence electrons. The number of hydrogen-bond donors (Lipinski definition) is 1. The second-order valence-electron chi connectivity index (χ2n) is 11.8. The number of benzene rings is 1. The normalized spacial score (nSPS) is 18.1. The molecule has 5 heterocycles. The number of piperazine rings is 1. The molecule has 0 unspecified atom stereocenters. The first kappa shape index (κ1) is 30.2. The van der Waals surface area contributed by atoms with Crippen LogP contribution >= 0.6 is 11.6 Å². The summed E-state index contributed by atoms with van der Waals surface area (Å²) in [4.78, 5) is 47.8. The van der Waals surface area contributed by atoms with Gasteiger partial charge >= 0.3 is 0 Å². The molecule has 0 aliphatic carbocycles. The molecular formula is C33H39ClN8O2. The minimum Gasteiger partial charge on any atom is -0.341 e. The van der Waals surface area contributed by atoms with Crippen molar-refractivity contribution in [3.8, 4) is 11.1 Å². The molecule has 3 aromatic heterocycles. The highest BCUT2D eigenvalue weighted by Gasteiger charge is 2.29. The second kappa shape index (κ2) is 13.0. The molecule has 0 spiro atoms. The van der Waals surface area contributed by atoms with Crippen molar-refractivity contribution in [1.82, 2.24) is 34.2 Å². The van der Waals surface area contributed by atoms with Gasteiger partial charge in [0.25, 0.3) is 5.56 Å². The molecular weight excluding hydrogens is 576 g/mol. The molecule has 4 aromatic rings. The van der Waals surface area contributed by atoms with E-state index in [0.717, 1.165) is 62.1 Å². The van der Waals surface area contributed by atoms with Crippen molar-refractivity contribution in [2.75, 3.05) is 51.6 Å². The minimum absolute atomic E-state index is 0.0876. The summed E-state index contributed by atoms with van der Waals surface area (Å²) in [7, 11) is 2.16. The van der Waals surface area contributed by atoms with Crippen LogP contribution in [0.1, 0.15) is 43.4 Å². The first-order chi connectivity index (χ1) is 21.3. The minimum atomic E-state index is -0.231. The lowest BCUT2D eigenvalue weighted by Gasteiger charge is -2.34. The van der Waals surface area contributed by atoms with Crippen LogP contribution < -0.4 is 10.9 Å². The van der Waals surface area contributed by atoms with Crippen molar-refractivity contribution < 1.29 is 4.79 Å². The SMILES string of the molecule is CCC(=O)N1CCC[C@H](n2c(=O)c(-c3ccccc3Cl)c(C)c3cnc(Nc4ccc(CN5CCN(C)CC5)cn4)nc32)C1. The lowest BCUT2D eigenvalue weighted by molar-refractivity contribution is -0.132. The van der Waals surface area contributed by atoms with Gasteiger partial charge in [0.1, 0.15) is 11.5 Å². The Balaban J connectivity index is 1.36. The van der Waals surface area contributed by atoms with Crippen molar-refractivity contribution in [3.63, 3.8) is 0 Å². The van der Waals surface area contributed by atoms with Crippen LogP contribution in [-0.2, 0) is 11.3 Å². The zero-order valence-corrected chi connectivity index (χ0v) is 26.3. The number of anilines is 2. The highest BCUT2D eigenvalue weighted by Crippen LogP contribution is 2.33. The predicted molar refractivity (Wildman–Crippen MR) is 174 cm³/mol. The molecule has 2 fully saturated rings. The van der Waals surface area contributed by atoms with Crippen LogP contribution in [0.25, 0.3) is 22.2 Å². The number of pyridine rings is 2. The first-order valence-electron chi connectivity index (χ1n) is 15.4. The van der Waals surface area contributed by atoms with Crippen LogP contribution in [0.3, 0.4) is 0 Å². The Morgan fingerprint density at radius 2 is 1.84 bits per heavy atom. The average Bonchev–Trinajstić information content (AvgIpc) is 3.04. The molecule has 44 heavy (non-hydrogen) atoms. The maximum Gasteiger partial charge on any atom is 0.260 e. The van der Waals surface area contributed by atoms with Crippen molar-refractivity contribution in [3.05, 3.63) is 75.3 Å². The number of aryl methyl sites for hydroxylation is 1.